The molecule has 1 aromatic heterocycles. The number of nitrogens with two attached hydrogens (primary N) is 1. The van der Waals surface area contributed by atoms with Crippen LogP contribution in [-0.2, 0) is 5.54 Å². The normalized spacial score (nSPS) is 17.7. The first-order valence-electron chi connectivity index (χ1n) is 5.32. The molecule has 16 heavy (non-hydrogen) atoms. The van der Waals surface area contributed by atoms with E-state index in [2.05, 4.69) is 9.97 Å². The largest absolute Gasteiger partial charge is 0.320 e. The third-order valence-electron chi connectivity index (χ3n) is 3.03. The minimum Gasteiger partial charge on any atom is -0.320 e. The number of halogens is 1. The predicted molar refractivity (Wildman–Crippen MR) is 64.4 cm³/mol. The van der Waals surface area contributed by atoms with Crippen molar-refractivity contribution in [3.05, 3.63) is 34.7 Å². The van der Waals surface area contributed by atoms with E-state index in [1.165, 1.54) is 0 Å². The molecular weight excluding hydrogens is 222 g/mol. The molecule has 82 valence electrons. The van der Waals surface area contributed by atoms with Crippen LogP contribution in [-0.4, -0.2) is 9.97 Å². The van der Waals surface area contributed by atoms with Crippen molar-refractivity contribution in [3.8, 4) is 0 Å². The van der Waals surface area contributed by atoms with Gasteiger partial charge >= 0.3 is 0 Å². The molecule has 1 aliphatic rings. The summed E-state index contributed by atoms with van der Waals surface area (Å²) in [6.45, 7) is 1.89. The third kappa shape index (κ3) is 1.47. The van der Waals surface area contributed by atoms with E-state index in [-0.39, 0.29) is 5.54 Å². The Hall–Kier alpha value is -1.19. The van der Waals surface area contributed by atoms with Gasteiger partial charge in [0.25, 0.3) is 0 Å². The van der Waals surface area contributed by atoms with E-state index in [0.29, 0.717) is 5.02 Å². The zero-order chi connectivity index (χ0) is 11.3. The van der Waals surface area contributed by atoms with Crippen molar-refractivity contribution in [2.75, 3.05) is 0 Å². The number of aryl methyl sites for hydroxylation is 1. The van der Waals surface area contributed by atoms with Gasteiger partial charge in [-0.05, 0) is 38.0 Å². The molecule has 0 bridgehead atoms. The van der Waals surface area contributed by atoms with Gasteiger partial charge in [0.1, 0.15) is 5.82 Å². The summed E-state index contributed by atoms with van der Waals surface area (Å²) >= 11 is 6.00. The highest BCUT2D eigenvalue weighted by atomic mass is 35.5. The van der Waals surface area contributed by atoms with Crippen molar-refractivity contribution in [2.24, 2.45) is 5.73 Å². The molecule has 1 aromatic carbocycles. The first kappa shape index (κ1) is 10.00. The minimum atomic E-state index is -0.253. The molecule has 4 heteroatoms. The fourth-order valence-electron chi connectivity index (χ4n) is 1.97. The second-order valence-electron chi connectivity index (χ2n) is 4.44. The maximum atomic E-state index is 6.22. The summed E-state index contributed by atoms with van der Waals surface area (Å²) in [5.41, 5.74) is 7.83. The SMILES string of the molecule is Cc1nc(C2(N)CC2)c2cc(Cl)ccc2n1. The monoisotopic (exact) mass is 233 g/mol. The van der Waals surface area contributed by atoms with E-state index in [9.17, 15) is 0 Å². The highest BCUT2D eigenvalue weighted by molar-refractivity contribution is 6.31. The van der Waals surface area contributed by atoms with Crippen LogP contribution < -0.4 is 5.73 Å². The molecule has 0 amide bonds. The Labute approximate surface area is 98.6 Å². The topological polar surface area (TPSA) is 51.8 Å². The van der Waals surface area contributed by atoms with E-state index in [4.69, 9.17) is 17.3 Å². The summed E-state index contributed by atoms with van der Waals surface area (Å²) < 4.78 is 0. The maximum absolute atomic E-state index is 6.22. The predicted octanol–water partition coefficient (Wildman–Crippen LogP) is 2.54. The molecule has 0 spiro atoms. The highest BCUT2D eigenvalue weighted by Crippen LogP contribution is 2.44. The molecule has 1 aliphatic carbocycles. The summed E-state index contributed by atoms with van der Waals surface area (Å²) in [6.07, 6.45) is 1.98. The molecule has 1 saturated carbocycles. The van der Waals surface area contributed by atoms with Gasteiger partial charge in [-0.2, -0.15) is 0 Å². The fourth-order valence-corrected chi connectivity index (χ4v) is 2.14. The Balaban J connectivity index is 2.36. The molecule has 0 unspecified atom stereocenters. The summed E-state index contributed by atoms with van der Waals surface area (Å²) in [4.78, 5) is 8.87. The van der Waals surface area contributed by atoms with Crippen molar-refractivity contribution < 1.29 is 0 Å². The lowest BCUT2D eigenvalue weighted by Crippen LogP contribution is -2.21. The third-order valence-corrected chi connectivity index (χ3v) is 3.26. The van der Waals surface area contributed by atoms with Crippen molar-refractivity contribution >= 4 is 22.5 Å². The lowest BCUT2D eigenvalue weighted by Gasteiger charge is -2.12. The first-order valence-corrected chi connectivity index (χ1v) is 5.70. The standard InChI is InChI=1S/C12H12ClN3/c1-7-15-10-3-2-8(13)6-9(10)11(16-7)12(14)4-5-12/h2-3,6H,4-5,14H2,1H3. The zero-order valence-corrected chi connectivity index (χ0v) is 9.75. The van der Waals surface area contributed by atoms with Crippen molar-refractivity contribution in [1.29, 1.82) is 0 Å². The Bertz CT molecular complexity index is 576. The first-order chi connectivity index (χ1) is 7.58. The van der Waals surface area contributed by atoms with E-state index >= 15 is 0 Å². The van der Waals surface area contributed by atoms with E-state index in [1.54, 1.807) is 0 Å². The quantitative estimate of drug-likeness (QED) is 0.824. The molecule has 1 fully saturated rings. The fraction of sp³-hybridized carbons (Fsp3) is 0.333. The Morgan fingerprint density at radius 3 is 2.75 bits per heavy atom. The van der Waals surface area contributed by atoms with Gasteiger partial charge in [0, 0.05) is 10.4 Å². The lowest BCUT2D eigenvalue weighted by atomic mass is 10.1. The van der Waals surface area contributed by atoms with Gasteiger partial charge in [0.05, 0.1) is 16.7 Å². The number of nitrogens with zero attached hydrogens (tertiary/aromatic N) is 2. The summed E-state index contributed by atoms with van der Waals surface area (Å²) in [6, 6.07) is 5.66. The van der Waals surface area contributed by atoms with Gasteiger partial charge in [-0.15, -0.1) is 0 Å². The smallest absolute Gasteiger partial charge is 0.126 e. The molecule has 0 saturated heterocycles. The number of hydrogen-bond donors (Lipinski definition) is 1. The van der Waals surface area contributed by atoms with Crippen LogP contribution in [0, 0.1) is 6.92 Å². The van der Waals surface area contributed by atoms with Crippen molar-refractivity contribution in [2.45, 2.75) is 25.3 Å². The van der Waals surface area contributed by atoms with Crippen LogP contribution in [0.2, 0.25) is 5.02 Å². The van der Waals surface area contributed by atoms with Gasteiger partial charge in [0.15, 0.2) is 0 Å². The molecule has 2 aromatic rings. The Kier molecular flexibility index (Phi) is 1.97. The average Bonchev–Trinajstić information content (AvgIpc) is 2.97. The van der Waals surface area contributed by atoms with E-state index in [1.807, 2.05) is 25.1 Å². The van der Waals surface area contributed by atoms with Gasteiger partial charge in [-0.25, -0.2) is 9.97 Å². The molecule has 0 aliphatic heterocycles. The molecule has 2 N–H and O–H groups in total. The molecule has 0 radical (unpaired) electrons. The number of hydrogen-bond acceptors (Lipinski definition) is 3. The number of benzene rings is 1. The second kappa shape index (κ2) is 3.15. The van der Waals surface area contributed by atoms with Crippen LogP contribution in [0.25, 0.3) is 10.9 Å². The van der Waals surface area contributed by atoms with Crippen LogP contribution in [0.15, 0.2) is 18.2 Å². The molecule has 3 rings (SSSR count). The van der Waals surface area contributed by atoms with Crippen LogP contribution in [0.5, 0.6) is 0 Å². The van der Waals surface area contributed by atoms with Crippen molar-refractivity contribution in [3.63, 3.8) is 0 Å². The summed E-state index contributed by atoms with van der Waals surface area (Å²) in [5, 5.41) is 1.68. The zero-order valence-electron chi connectivity index (χ0n) is 9.00. The van der Waals surface area contributed by atoms with Gasteiger partial charge < -0.3 is 5.73 Å². The van der Waals surface area contributed by atoms with E-state index < -0.39 is 0 Å². The highest BCUT2D eigenvalue weighted by Gasteiger charge is 2.42. The van der Waals surface area contributed by atoms with Gasteiger partial charge in [0.2, 0.25) is 0 Å². The Morgan fingerprint density at radius 2 is 2.06 bits per heavy atom. The van der Waals surface area contributed by atoms with Crippen LogP contribution >= 0.6 is 11.6 Å². The molecular formula is C12H12ClN3. The summed E-state index contributed by atoms with van der Waals surface area (Å²) in [5.74, 6) is 0.765. The number of rotatable bonds is 1. The van der Waals surface area contributed by atoms with Crippen LogP contribution in [0.4, 0.5) is 0 Å². The average molecular weight is 234 g/mol. The lowest BCUT2D eigenvalue weighted by molar-refractivity contribution is 0.708. The van der Waals surface area contributed by atoms with E-state index in [0.717, 1.165) is 35.3 Å². The van der Waals surface area contributed by atoms with Crippen LogP contribution in [0.3, 0.4) is 0 Å². The number of fused-ring (bicyclic) bond motifs is 1. The van der Waals surface area contributed by atoms with Crippen LogP contribution in [0.1, 0.15) is 24.4 Å². The maximum Gasteiger partial charge on any atom is 0.126 e. The van der Waals surface area contributed by atoms with Gasteiger partial charge in [-0.3, -0.25) is 0 Å². The van der Waals surface area contributed by atoms with Gasteiger partial charge in [-0.1, -0.05) is 11.6 Å². The van der Waals surface area contributed by atoms with Crippen molar-refractivity contribution in [1.82, 2.24) is 9.97 Å². The number of aromatic nitrogens is 2. The summed E-state index contributed by atoms with van der Waals surface area (Å²) in [7, 11) is 0. The Morgan fingerprint density at radius 1 is 1.31 bits per heavy atom. The second-order valence-corrected chi connectivity index (χ2v) is 4.87. The molecule has 3 nitrogen and oxygen atoms in total. The minimum absolute atomic E-state index is 0.253. The molecule has 0 atom stereocenters. The molecule has 1 heterocycles.